The predicted molar refractivity (Wildman–Crippen MR) is 112 cm³/mol. The second kappa shape index (κ2) is 6.85. The molecule has 0 saturated heterocycles. The van der Waals surface area contributed by atoms with Gasteiger partial charge >= 0.3 is 0 Å². The standard InChI is InChI=1S/C23H20N4O/c24-21-22(27-14-6-10-17-8-2-4-12-19(17)27)25-15-26-23(21)28-20-13-5-9-16-7-1-3-11-18(16)20/h1-5,7-9,11-13,15H,6,10,14,24H2. The lowest BCUT2D eigenvalue weighted by Crippen LogP contribution is -2.26. The number of rotatable bonds is 3. The molecule has 0 amide bonds. The van der Waals surface area contributed by atoms with Crippen LogP contribution in [0.2, 0.25) is 0 Å². The van der Waals surface area contributed by atoms with Gasteiger partial charge in [-0.2, -0.15) is 4.98 Å². The van der Waals surface area contributed by atoms with Gasteiger partial charge in [0.15, 0.2) is 5.82 Å². The summed E-state index contributed by atoms with van der Waals surface area (Å²) in [6, 6.07) is 22.4. The van der Waals surface area contributed by atoms with Crippen molar-refractivity contribution in [2.45, 2.75) is 12.8 Å². The highest BCUT2D eigenvalue weighted by Gasteiger charge is 2.23. The molecule has 5 nitrogen and oxygen atoms in total. The Morgan fingerprint density at radius 3 is 2.68 bits per heavy atom. The first-order chi connectivity index (χ1) is 13.8. The van der Waals surface area contributed by atoms with Crippen molar-refractivity contribution >= 4 is 28.0 Å². The third-order valence-corrected chi connectivity index (χ3v) is 5.15. The van der Waals surface area contributed by atoms with Crippen molar-refractivity contribution in [2.75, 3.05) is 17.2 Å². The van der Waals surface area contributed by atoms with Crippen LogP contribution >= 0.6 is 0 Å². The summed E-state index contributed by atoms with van der Waals surface area (Å²) in [5.41, 5.74) is 9.38. The van der Waals surface area contributed by atoms with Crippen LogP contribution in [0.3, 0.4) is 0 Å². The molecule has 4 aromatic rings. The van der Waals surface area contributed by atoms with Gasteiger partial charge in [0.1, 0.15) is 17.8 Å². The molecular formula is C23H20N4O. The Labute approximate surface area is 163 Å². The summed E-state index contributed by atoms with van der Waals surface area (Å²) in [5.74, 6) is 1.80. The highest BCUT2D eigenvalue weighted by atomic mass is 16.5. The fraction of sp³-hybridized carbons (Fsp3) is 0.130. The van der Waals surface area contributed by atoms with E-state index in [9.17, 15) is 0 Å². The van der Waals surface area contributed by atoms with E-state index >= 15 is 0 Å². The van der Waals surface area contributed by atoms with Gasteiger partial charge in [0.25, 0.3) is 0 Å². The minimum absolute atomic E-state index is 0.379. The van der Waals surface area contributed by atoms with Gasteiger partial charge in [-0.15, -0.1) is 0 Å². The maximum atomic E-state index is 6.47. The van der Waals surface area contributed by atoms with E-state index in [4.69, 9.17) is 10.5 Å². The summed E-state index contributed by atoms with van der Waals surface area (Å²) in [7, 11) is 0. The van der Waals surface area contributed by atoms with Crippen molar-refractivity contribution in [2.24, 2.45) is 0 Å². The zero-order chi connectivity index (χ0) is 18.9. The number of fused-ring (bicyclic) bond motifs is 2. The lowest BCUT2D eigenvalue weighted by molar-refractivity contribution is 0.469. The number of hydrogen-bond donors (Lipinski definition) is 1. The molecule has 2 N–H and O–H groups in total. The molecule has 1 aromatic heterocycles. The van der Waals surface area contributed by atoms with Crippen LogP contribution in [0.15, 0.2) is 73.1 Å². The number of nitrogens with two attached hydrogens (primary N) is 1. The second-order valence-corrected chi connectivity index (χ2v) is 6.88. The van der Waals surface area contributed by atoms with E-state index in [-0.39, 0.29) is 0 Å². The molecule has 0 atom stereocenters. The Hall–Kier alpha value is -3.60. The lowest BCUT2D eigenvalue weighted by atomic mass is 10.0. The fourth-order valence-corrected chi connectivity index (χ4v) is 3.81. The summed E-state index contributed by atoms with van der Waals surface area (Å²) in [6.07, 6.45) is 3.64. The van der Waals surface area contributed by atoms with Crippen molar-refractivity contribution < 1.29 is 4.74 Å². The monoisotopic (exact) mass is 368 g/mol. The van der Waals surface area contributed by atoms with Crippen molar-refractivity contribution in [1.29, 1.82) is 0 Å². The number of benzene rings is 3. The SMILES string of the molecule is Nc1c(Oc2cccc3ccccc23)ncnc1N1CCCc2ccccc21. The van der Waals surface area contributed by atoms with Gasteiger partial charge in [0, 0.05) is 17.6 Å². The van der Waals surface area contributed by atoms with Crippen LogP contribution in [0.25, 0.3) is 10.8 Å². The average molecular weight is 368 g/mol. The maximum absolute atomic E-state index is 6.47. The van der Waals surface area contributed by atoms with Gasteiger partial charge < -0.3 is 15.4 Å². The van der Waals surface area contributed by atoms with Crippen molar-refractivity contribution in [3.05, 3.63) is 78.6 Å². The predicted octanol–water partition coefficient (Wildman–Crippen LogP) is 5.09. The molecule has 0 spiro atoms. The highest BCUT2D eigenvalue weighted by Crippen LogP contribution is 2.39. The summed E-state index contributed by atoms with van der Waals surface area (Å²) in [4.78, 5) is 10.9. The molecule has 0 radical (unpaired) electrons. The first-order valence-electron chi connectivity index (χ1n) is 9.43. The van der Waals surface area contributed by atoms with Crippen LogP contribution in [0.1, 0.15) is 12.0 Å². The molecule has 0 aliphatic carbocycles. The number of hydrogen-bond acceptors (Lipinski definition) is 5. The number of aromatic nitrogens is 2. The molecule has 2 heterocycles. The maximum Gasteiger partial charge on any atom is 0.248 e. The molecule has 1 aliphatic heterocycles. The summed E-state index contributed by atoms with van der Waals surface area (Å²) in [5, 5.41) is 2.13. The number of para-hydroxylation sites is 1. The third kappa shape index (κ3) is 2.81. The molecule has 28 heavy (non-hydrogen) atoms. The Kier molecular flexibility index (Phi) is 4.05. The highest BCUT2D eigenvalue weighted by molar-refractivity contribution is 5.88. The van der Waals surface area contributed by atoms with Crippen LogP contribution in [0.5, 0.6) is 11.6 Å². The smallest absolute Gasteiger partial charge is 0.248 e. The zero-order valence-corrected chi connectivity index (χ0v) is 15.4. The first-order valence-corrected chi connectivity index (χ1v) is 9.43. The van der Waals surface area contributed by atoms with Gasteiger partial charge in [-0.1, -0.05) is 54.6 Å². The molecule has 0 unspecified atom stereocenters. The number of nitrogens with zero attached hydrogens (tertiary/aromatic N) is 3. The largest absolute Gasteiger partial charge is 0.436 e. The van der Waals surface area contributed by atoms with Crippen LogP contribution in [0, 0.1) is 0 Å². The van der Waals surface area contributed by atoms with Gasteiger partial charge in [-0.3, -0.25) is 0 Å². The fourth-order valence-electron chi connectivity index (χ4n) is 3.81. The minimum atomic E-state index is 0.379. The van der Waals surface area contributed by atoms with Crippen molar-refractivity contribution in [3.63, 3.8) is 0 Å². The Balaban J connectivity index is 1.55. The van der Waals surface area contributed by atoms with E-state index in [1.165, 1.54) is 11.9 Å². The molecule has 3 aromatic carbocycles. The lowest BCUT2D eigenvalue weighted by Gasteiger charge is -2.31. The van der Waals surface area contributed by atoms with E-state index < -0.39 is 0 Å². The Bertz CT molecular complexity index is 1150. The van der Waals surface area contributed by atoms with E-state index in [0.29, 0.717) is 17.4 Å². The van der Waals surface area contributed by atoms with E-state index in [0.717, 1.165) is 41.6 Å². The van der Waals surface area contributed by atoms with Gasteiger partial charge in [-0.25, -0.2) is 4.98 Å². The molecule has 0 fully saturated rings. The van der Waals surface area contributed by atoms with Gasteiger partial charge in [0.2, 0.25) is 5.88 Å². The number of ether oxygens (including phenoxy) is 1. The van der Waals surface area contributed by atoms with Crippen LogP contribution in [0.4, 0.5) is 17.2 Å². The van der Waals surface area contributed by atoms with E-state index in [2.05, 4.69) is 45.2 Å². The molecule has 5 rings (SSSR count). The topological polar surface area (TPSA) is 64.3 Å². The quantitative estimate of drug-likeness (QED) is 0.546. The second-order valence-electron chi connectivity index (χ2n) is 6.88. The zero-order valence-electron chi connectivity index (χ0n) is 15.4. The minimum Gasteiger partial charge on any atom is -0.436 e. The van der Waals surface area contributed by atoms with E-state index in [1.807, 2.05) is 36.4 Å². The molecule has 0 bridgehead atoms. The number of anilines is 3. The summed E-state index contributed by atoms with van der Waals surface area (Å²) in [6.45, 7) is 0.867. The molecule has 5 heteroatoms. The van der Waals surface area contributed by atoms with Gasteiger partial charge in [-0.05, 0) is 35.9 Å². The van der Waals surface area contributed by atoms with Crippen LogP contribution < -0.4 is 15.4 Å². The first kappa shape index (κ1) is 16.6. The Morgan fingerprint density at radius 2 is 1.71 bits per heavy atom. The van der Waals surface area contributed by atoms with Crippen molar-refractivity contribution in [3.8, 4) is 11.6 Å². The molecule has 0 saturated carbocycles. The summed E-state index contributed by atoms with van der Waals surface area (Å²) >= 11 is 0. The molecular weight excluding hydrogens is 348 g/mol. The van der Waals surface area contributed by atoms with Crippen LogP contribution in [-0.2, 0) is 6.42 Å². The van der Waals surface area contributed by atoms with E-state index in [1.54, 1.807) is 0 Å². The Morgan fingerprint density at radius 1 is 0.893 bits per heavy atom. The summed E-state index contributed by atoms with van der Waals surface area (Å²) < 4.78 is 6.14. The van der Waals surface area contributed by atoms with Crippen LogP contribution in [-0.4, -0.2) is 16.5 Å². The van der Waals surface area contributed by atoms with Gasteiger partial charge in [0.05, 0.1) is 0 Å². The average Bonchev–Trinajstić information content (AvgIpc) is 2.75. The van der Waals surface area contributed by atoms with Crippen molar-refractivity contribution in [1.82, 2.24) is 9.97 Å². The third-order valence-electron chi connectivity index (χ3n) is 5.15. The molecule has 1 aliphatic rings. The number of aryl methyl sites for hydroxylation is 1. The molecule has 138 valence electrons. The number of nitrogen functional groups attached to an aromatic ring is 1. The normalized spacial score (nSPS) is 13.4.